The Bertz CT molecular complexity index is 1020. The summed E-state index contributed by atoms with van der Waals surface area (Å²) in [5.74, 6) is -0.537. The van der Waals surface area contributed by atoms with Crippen LogP contribution in [0.4, 0.5) is 10.1 Å². The van der Waals surface area contributed by atoms with Gasteiger partial charge in [-0.3, -0.25) is 4.72 Å². The number of hydrogen-bond acceptors (Lipinski definition) is 4. The largest absolute Gasteiger partial charge is 0.280 e. The van der Waals surface area contributed by atoms with Crippen molar-refractivity contribution in [1.82, 2.24) is 4.72 Å². The van der Waals surface area contributed by atoms with E-state index in [1.54, 1.807) is 6.92 Å². The average Bonchev–Trinajstić information content (AvgIpc) is 3.34. The molecule has 3 rings (SSSR count). The number of anilines is 1. The number of halogens is 1. The van der Waals surface area contributed by atoms with E-state index in [4.69, 9.17) is 0 Å². The average molecular weight is 384 g/mol. The van der Waals surface area contributed by atoms with Crippen LogP contribution >= 0.6 is 0 Å². The van der Waals surface area contributed by atoms with Crippen LogP contribution in [-0.2, 0) is 20.0 Å². The molecule has 134 valence electrons. The third kappa shape index (κ3) is 4.17. The second-order valence-corrected chi connectivity index (χ2v) is 9.34. The molecule has 2 aromatic carbocycles. The minimum Gasteiger partial charge on any atom is -0.280 e. The van der Waals surface area contributed by atoms with Crippen LogP contribution in [0.2, 0.25) is 0 Å². The van der Waals surface area contributed by atoms with E-state index in [1.807, 2.05) is 0 Å². The zero-order valence-electron chi connectivity index (χ0n) is 13.4. The topological polar surface area (TPSA) is 92.3 Å². The highest BCUT2D eigenvalue weighted by Gasteiger charge is 2.28. The Kier molecular flexibility index (Phi) is 4.56. The molecule has 0 spiro atoms. The molecule has 0 atom stereocenters. The molecule has 0 radical (unpaired) electrons. The van der Waals surface area contributed by atoms with Crippen LogP contribution in [0.25, 0.3) is 0 Å². The summed E-state index contributed by atoms with van der Waals surface area (Å²) in [5.41, 5.74) is 0.453. The summed E-state index contributed by atoms with van der Waals surface area (Å²) in [4.78, 5) is -0.343. The first kappa shape index (κ1) is 17.8. The Morgan fingerprint density at radius 2 is 1.60 bits per heavy atom. The Morgan fingerprint density at radius 3 is 2.20 bits per heavy atom. The van der Waals surface area contributed by atoms with Crippen LogP contribution in [0.1, 0.15) is 18.4 Å². The normalized spacial score (nSPS) is 15.1. The lowest BCUT2D eigenvalue weighted by atomic mass is 10.2. The van der Waals surface area contributed by atoms with E-state index in [2.05, 4.69) is 9.44 Å². The molecule has 0 saturated heterocycles. The van der Waals surface area contributed by atoms with Crippen LogP contribution in [0, 0.1) is 12.7 Å². The molecule has 25 heavy (non-hydrogen) atoms. The fraction of sp³-hybridized carbons (Fsp3) is 0.250. The fourth-order valence-electron chi connectivity index (χ4n) is 2.17. The molecular weight excluding hydrogens is 367 g/mol. The number of benzene rings is 2. The van der Waals surface area contributed by atoms with E-state index < -0.39 is 25.9 Å². The molecule has 2 N–H and O–H groups in total. The van der Waals surface area contributed by atoms with Crippen molar-refractivity contribution in [1.29, 1.82) is 0 Å². The second kappa shape index (κ2) is 6.40. The molecule has 0 amide bonds. The summed E-state index contributed by atoms with van der Waals surface area (Å²) >= 11 is 0. The predicted octanol–water partition coefficient (Wildman–Crippen LogP) is 2.38. The summed E-state index contributed by atoms with van der Waals surface area (Å²) < 4.78 is 67.7. The van der Waals surface area contributed by atoms with Crippen LogP contribution in [0.15, 0.2) is 52.3 Å². The Morgan fingerprint density at radius 1 is 0.960 bits per heavy atom. The predicted molar refractivity (Wildman–Crippen MR) is 91.7 cm³/mol. The molecule has 1 saturated carbocycles. The van der Waals surface area contributed by atoms with Crippen molar-refractivity contribution in [3.63, 3.8) is 0 Å². The van der Waals surface area contributed by atoms with E-state index in [9.17, 15) is 21.2 Å². The Balaban J connectivity index is 1.89. The van der Waals surface area contributed by atoms with Crippen molar-refractivity contribution < 1.29 is 21.2 Å². The van der Waals surface area contributed by atoms with Gasteiger partial charge in [0, 0.05) is 6.04 Å². The summed E-state index contributed by atoms with van der Waals surface area (Å²) in [6, 6.07) is 8.92. The number of aryl methyl sites for hydroxylation is 1. The van der Waals surface area contributed by atoms with Gasteiger partial charge in [-0.15, -0.1) is 0 Å². The van der Waals surface area contributed by atoms with E-state index in [0.717, 1.165) is 25.0 Å². The van der Waals surface area contributed by atoms with Crippen LogP contribution in [0.5, 0.6) is 0 Å². The number of nitrogens with one attached hydrogen (secondary N) is 2. The minimum absolute atomic E-state index is 0.0625. The first-order valence-corrected chi connectivity index (χ1v) is 10.6. The van der Waals surface area contributed by atoms with Gasteiger partial charge in [0.15, 0.2) is 0 Å². The molecular formula is C16H17FN2O4S2. The molecule has 0 heterocycles. The lowest BCUT2D eigenvalue weighted by Gasteiger charge is -2.11. The maximum Gasteiger partial charge on any atom is 0.261 e. The van der Waals surface area contributed by atoms with Crippen molar-refractivity contribution in [2.75, 3.05) is 4.72 Å². The summed E-state index contributed by atoms with van der Waals surface area (Å²) in [6.07, 6.45) is 1.55. The number of hydrogen-bond donors (Lipinski definition) is 2. The van der Waals surface area contributed by atoms with Gasteiger partial charge in [0.05, 0.1) is 15.5 Å². The SMILES string of the molecule is Cc1ccc(NS(=O)(=O)c2cccc(S(=O)(=O)NC3CC3)c2)cc1F. The lowest BCUT2D eigenvalue weighted by molar-refractivity contribution is 0.580. The molecule has 2 aromatic rings. The first-order chi connectivity index (χ1) is 11.7. The Labute approximate surface area is 146 Å². The molecule has 1 aliphatic carbocycles. The van der Waals surface area contributed by atoms with Crippen LogP contribution < -0.4 is 9.44 Å². The zero-order chi connectivity index (χ0) is 18.2. The van der Waals surface area contributed by atoms with E-state index in [0.29, 0.717) is 5.56 Å². The molecule has 1 fully saturated rings. The van der Waals surface area contributed by atoms with Crippen molar-refractivity contribution in [2.45, 2.75) is 35.6 Å². The fourth-order valence-corrected chi connectivity index (χ4v) is 4.69. The van der Waals surface area contributed by atoms with Gasteiger partial charge in [-0.25, -0.2) is 25.9 Å². The van der Waals surface area contributed by atoms with E-state index in [1.165, 1.54) is 30.3 Å². The van der Waals surface area contributed by atoms with Crippen molar-refractivity contribution in [2.24, 2.45) is 0 Å². The van der Waals surface area contributed by atoms with Crippen molar-refractivity contribution >= 4 is 25.7 Å². The summed E-state index contributed by atoms with van der Waals surface area (Å²) in [7, 11) is -7.81. The third-order valence-corrected chi connectivity index (χ3v) is 6.65. The smallest absolute Gasteiger partial charge is 0.261 e. The van der Waals surface area contributed by atoms with Gasteiger partial charge in [-0.2, -0.15) is 0 Å². The maximum absolute atomic E-state index is 13.6. The molecule has 6 nitrogen and oxygen atoms in total. The molecule has 0 aliphatic heterocycles. The van der Waals surface area contributed by atoms with Gasteiger partial charge in [0.2, 0.25) is 10.0 Å². The van der Waals surface area contributed by atoms with Crippen molar-refractivity contribution in [3.05, 3.63) is 53.8 Å². The highest BCUT2D eigenvalue weighted by Crippen LogP contribution is 2.24. The Hall–Kier alpha value is -1.97. The van der Waals surface area contributed by atoms with Gasteiger partial charge in [-0.05, 0) is 55.7 Å². The molecule has 0 bridgehead atoms. The lowest BCUT2D eigenvalue weighted by Crippen LogP contribution is -2.26. The van der Waals surface area contributed by atoms with Gasteiger partial charge < -0.3 is 0 Å². The molecule has 9 heteroatoms. The third-order valence-electron chi connectivity index (χ3n) is 3.75. The molecule has 0 unspecified atom stereocenters. The number of sulfonamides is 2. The monoisotopic (exact) mass is 384 g/mol. The van der Waals surface area contributed by atoms with E-state index >= 15 is 0 Å². The number of rotatable bonds is 6. The van der Waals surface area contributed by atoms with Gasteiger partial charge in [0.1, 0.15) is 5.82 Å². The minimum atomic E-state index is -4.05. The van der Waals surface area contributed by atoms with Gasteiger partial charge in [0.25, 0.3) is 10.0 Å². The summed E-state index contributed by atoms with van der Waals surface area (Å²) in [6.45, 7) is 1.56. The standard InChI is InChI=1S/C16H17FN2O4S2/c1-11-5-6-13(9-16(11)17)19-25(22,23)15-4-2-3-14(10-15)24(20,21)18-12-7-8-12/h2-6,9-10,12,18-19H,7-8H2,1H3. The van der Waals surface area contributed by atoms with Gasteiger partial charge >= 0.3 is 0 Å². The highest BCUT2D eigenvalue weighted by molar-refractivity contribution is 7.93. The van der Waals surface area contributed by atoms with Crippen LogP contribution in [-0.4, -0.2) is 22.9 Å². The first-order valence-electron chi connectivity index (χ1n) is 7.59. The van der Waals surface area contributed by atoms with Crippen molar-refractivity contribution in [3.8, 4) is 0 Å². The zero-order valence-corrected chi connectivity index (χ0v) is 15.0. The molecule has 0 aromatic heterocycles. The maximum atomic E-state index is 13.6. The molecule has 1 aliphatic rings. The quantitative estimate of drug-likeness (QED) is 0.800. The van der Waals surface area contributed by atoms with E-state index in [-0.39, 0.29) is 21.5 Å². The second-order valence-electron chi connectivity index (χ2n) is 5.94. The van der Waals surface area contributed by atoms with Gasteiger partial charge in [-0.1, -0.05) is 12.1 Å². The van der Waals surface area contributed by atoms with Crippen LogP contribution in [0.3, 0.4) is 0 Å². The highest BCUT2D eigenvalue weighted by atomic mass is 32.2. The summed E-state index contributed by atoms with van der Waals surface area (Å²) in [5, 5.41) is 0.